The Morgan fingerprint density at radius 2 is 0.879 bits per heavy atom. The van der Waals surface area contributed by atoms with Crippen molar-refractivity contribution >= 4 is 52.5 Å². The summed E-state index contributed by atoms with van der Waals surface area (Å²) in [5.74, 6) is -0.513. The number of carbonyl (C=O) groups excluding carboxylic acids is 2. The maximum atomic E-state index is 12.4. The van der Waals surface area contributed by atoms with Crippen LogP contribution in [0.5, 0.6) is 0 Å². The number of rotatable bonds is 15. The van der Waals surface area contributed by atoms with Crippen molar-refractivity contribution in [3.05, 3.63) is 157 Å². The monoisotopic (exact) mass is 783 g/mol. The summed E-state index contributed by atoms with van der Waals surface area (Å²) >= 11 is 0. The lowest BCUT2D eigenvalue weighted by molar-refractivity contribution is -0.140. The Morgan fingerprint density at radius 3 is 1.22 bits per heavy atom. The summed E-state index contributed by atoms with van der Waals surface area (Å²) in [6.07, 6.45) is 9.67. The smallest absolute Gasteiger partial charge is 0.338 e. The minimum atomic E-state index is -1.04. The number of carboxylic acids is 1. The molecule has 302 valence electrons. The highest BCUT2D eigenvalue weighted by atomic mass is 16.5. The average Bonchev–Trinajstić information content (AvgIpc) is 3.29. The number of para-hydroxylation sites is 4. The van der Waals surface area contributed by atoms with Crippen molar-refractivity contribution in [2.45, 2.75) is 59.8 Å². The number of ether oxygens (including phenoxy) is 1. The molecular formula is C46H53N7O5. The van der Waals surface area contributed by atoms with E-state index in [1.807, 2.05) is 159 Å². The summed E-state index contributed by atoms with van der Waals surface area (Å²) < 4.78 is 4.62. The van der Waals surface area contributed by atoms with E-state index in [-0.39, 0.29) is 17.4 Å². The van der Waals surface area contributed by atoms with Crippen molar-refractivity contribution in [2.24, 2.45) is 0 Å². The van der Waals surface area contributed by atoms with Gasteiger partial charge in [-0.25, -0.2) is 24.7 Å². The van der Waals surface area contributed by atoms with E-state index < -0.39 is 5.97 Å². The number of unbranched alkanes of at least 4 members (excludes halogenated alkanes) is 3. The molecule has 12 nitrogen and oxygen atoms in total. The zero-order valence-electron chi connectivity index (χ0n) is 33.9. The van der Waals surface area contributed by atoms with Crippen LogP contribution in [0.4, 0.5) is 34.6 Å². The minimum absolute atomic E-state index is 0.0600. The molecule has 0 spiro atoms. The Labute approximate surface area is 341 Å². The Hall–Kier alpha value is -6.95. The molecule has 2 aromatic heterocycles. The number of carboxylic acid groups (broad SMARTS) is 1. The standard InChI is InChI=1S/C25H28N4O3.C17H13N3O2.2C2H6/c1-32-23(30)16-10-2-3-11-17-26-24(31)20-18-27-25(28-19-20)29(21-12-6-4-7-13-21)22-14-8-5-9-15-22;21-16(22)13-11-18-17(19-12-13)20(14-7-3-1-4-8-14)15-9-5-2-6-10-15;2*1-2/h4-9,12-15,18-19H,2-3,10-11,16-17H2,1H3,(H,26,31);1-12H,(H,21,22);2*1-2H3. The lowest BCUT2D eigenvalue weighted by Gasteiger charge is -2.22. The number of benzene rings is 4. The van der Waals surface area contributed by atoms with Crippen molar-refractivity contribution in [1.29, 1.82) is 0 Å². The fourth-order valence-electron chi connectivity index (χ4n) is 5.32. The maximum Gasteiger partial charge on any atom is 0.338 e. The van der Waals surface area contributed by atoms with E-state index in [0.29, 0.717) is 30.4 Å². The van der Waals surface area contributed by atoms with Gasteiger partial charge in [0.15, 0.2) is 0 Å². The third-order valence-corrected chi connectivity index (χ3v) is 8.06. The van der Waals surface area contributed by atoms with Gasteiger partial charge in [-0.3, -0.25) is 19.4 Å². The first kappa shape index (κ1) is 45.4. The zero-order chi connectivity index (χ0) is 42.0. The molecular weight excluding hydrogens is 731 g/mol. The van der Waals surface area contributed by atoms with Crippen LogP contribution >= 0.6 is 0 Å². The third-order valence-electron chi connectivity index (χ3n) is 8.06. The Kier molecular flexibility index (Phi) is 20.4. The van der Waals surface area contributed by atoms with Crippen LogP contribution < -0.4 is 15.1 Å². The number of methoxy groups -OCH3 is 1. The number of carbonyl (C=O) groups is 3. The molecule has 0 radical (unpaired) electrons. The van der Waals surface area contributed by atoms with Gasteiger partial charge in [0.05, 0.1) is 18.2 Å². The average molecular weight is 784 g/mol. The molecule has 0 saturated carbocycles. The molecule has 6 aromatic rings. The van der Waals surface area contributed by atoms with Crippen LogP contribution in [-0.4, -0.2) is 56.5 Å². The molecule has 4 aromatic carbocycles. The second-order valence-corrected chi connectivity index (χ2v) is 11.9. The van der Waals surface area contributed by atoms with E-state index in [1.165, 1.54) is 19.5 Å². The molecule has 0 saturated heterocycles. The number of nitrogens with zero attached hydrogens (tertiary/aromatic N) is 6. The summed E-state index contributed by atoms with van der Waals surface area (Å²) in [6, 6.07) is 39.1. The van der Waals surface area contributed by atoms with Gasteiger partial charge in [0.2, 0.25) is 11.9 Å². The Balaban J connectivity index is 0.000000302. The summed E-state index contributed by atoms with van der Waals surface area (Å²) in [4.78, 5) is 55.5. The van der Waals surface area contributed by atoms with E-state index in [1.54, 1.807) is 12.4 Å². The summed E-state index contributed by atoms with van der Waals surface area (Å²) in [7, 11) is 1.40. The van der Waals surface area contributed by atoms with Gasteiger partial charge in [-0.2, -0.15) is 0 Å². The molecule has 12 heteroatoms. The normalized spacial score (nSPS) is 9.81. The fraction of sp³-hybridized carbons (Fsp3) is 0.239. The number of nitrogens with one attached hydrogen (secondary N) is 1. The Bertz CT molecular complexity index is 1960. The van der Waals surface area contributed by atoms with Crippen LogP contribution in [0, 0.1) is 0 Å². The van der Waals surface area contributed by atoms with Crippen molar-refractivity contribution in [3.8, 4) is 0 Å². The highest BCUT2D eigenvalue weighted by Crippen LogP contribution is 2.32. The van der Waals surface area contributed by atoms with E-state index in [9.17, 15) is 14.4 Å². The SMILES string of the molecule is CC.CC.COC(=O)CCCCCCNC(=O)c1cnc(N(c2ccccc2)c2ccccc2)nc1.O=C(O)c1cnc(N(c2ccccc2)c2ccccc2)nc1. The van der Waals surface area contributed by atoms with Gasteiger partial charge < -0.3 is 15.2 Å². The summed E-state index contributed by atoms with van der Waals surface area (Å²) in [6.45, 7) is 8.57. The number of anilines is 6. The molecule has 0 aliphatic rings. The number of hydrogen-bond acceptors (Lipinski definition) is 10. The molecule has 0 atom stereocenters. The summed E-state index contributed by atoms with van der Waals surface area (Å²) in [5.41, 5.74) is 4.14. The van der Waals surface area contributed by atoms with Crippen LogP contribution in [0.3, 0.4) is 0 Å². The van der Waals surface area contributed by atoms with Crippen LogP contribution in [0.15, 0.2) is 146 Å². The van der Waals surface area contributed by atoms with Crippen LogP contribution in [0.2, 0.25) is 0 Å². The summed E-state index contributed by atoms with van der Waals surface area (Å²) in [5, 5.41) is 11.9. The minimum Gasteiger partial charge on any atom is -0.478 e. The molecule has 1 amide bonds. The molecule has 58 heavy (non-hydrogen) atoms. The van der Waals surface area contributed by atoms with Gasteiger partial charge in [-0.05, 0) is 61.4 Å². The van der Waals surface area contributed by atoms with E-state index in [0.717, 1.165) is 48.4 Å². The highest BCUT2D eigenvalue weighted by molar-refractivity contribution is 5.93. The first-order chi connectivity index (χ1) is 28.4. The molecule has 0 aliphatic carbocycles. The maximum absolute atomic E-state index is 12.4. The molecule has 0 fully saturated rings. The van der Waals surface area contributed by atoms with Crippen molar-refractivity contribution in [3.63, 3.8) is 0 Å². The third kappa shape index (κ3) is 14.3. The first-order valence-electron chi connectivity index (χ1n) is 19.5. The second-order valence-electron chi connectivity index (χ2n) is 11.9. The quantitative estimate of drug-likeness (QED) is 0.0756. The molecule has 0 aliphatic heterocycles. The molecule has 0 bridgehead atoms. The van der Waals surface area contributed by atoms with Crippen LogP contribution in [0.25, 0.3) is 0 Å². The van der Waals surface area contributed by atoms with Gasteiger partial charge in [0, 0.05) is 60.5 Å². The van der Waals surface area contributed by atoms with Gasteiger partial charge in [0.25, 0.3) is 5.91 Å². The number of amides is 1. The number of aromatic nitrogens is 4. The largest absolute Gasteiger partial charge is 0.478 e. The Morgan fingerprint density at radius 1 is 0.534 bits per heavy atom. The highest BCUT2D eigenvalue weighted by Gasteiger charge is 2.17. The van der Waals surface area contributed by atoms with E-state index in [2.05, 4.69) is 30.0 Å². The van der Waals surface area contributed by atoms with Crippen LogP contribution in [0.1, 0.15) is 80.5 Å². The first-order valence-corrected chi connectivity index (χ1v) is 19.5. The zero-order valence-corrected chi connectivity index (χ0v) is 33.9. The van der Waals surface area contributed by atoms with Gasteiger partial charge in [0.1, 0.15) is 0 Å². The molecule has 2 heterocycles. The van der Waals surface area contributed by atoms with Crippen molar-refractivity contribution < 1.29 is 24.2 Å². The predicted molar refractivity (Wildman–Crippen MR) is 231 cm³/mol. The lowest BCUT2D eigenvalue weighted by Crippen LogP contribution is -2.25. The fourth-order valence-corrected chi connectivity index (χ4v) is 5.32. The number of aromatic carboxylic acids is 1. The molecule has 0 unspecified atom stereocenters. The molecule has 6 rings (SSSR count). The van der Waals surface area contributed by atoms with E-state index in [4.69, 9.17) is 5.11 Å². The van der Waals surface area contributed by atoms with Gasteiger partial charge in [-0.15, -0.1) is 0 Å². The molecule has 2 N–H and O–H groups in total. The van der Waals surface area contributed by atoms with Crippen molar-refractivity contribution in [1.82, 2.24) is 25.3 Å². The van der Waals surface area contributed by atoms with Gasteiger partial charge >= 0.3 is 11.9 Å². The number of hydrogen-bond donors (Lipinski definition) is 2. The predicted octanol–water partition coefficient (Wildman–Crippen LogP) is 10.5. The van der Waals surface area contributed by atoms with E-state index >= 15 is 0 Å². The number of esters is 1. The van der Waals surface area contributed by atoms with Crippen molar-refractivity contribution in [2.75, 3.05) is 23.5 Å². The van der Waals surface area contributed by atoms with Crippen LogP contribution in [-0.2, 0) is 9.53 Å². The second kappa shape index (κ2) is 26.0. The lowest BCUT2D eigenvalue weighted by atomic mass is 10.1. The topological polar surface area (TPSA) is 151 Å². The van der Waals surface area contributed by atoms with Gasteiger partial charge in [-0.1, -0.05) is 113 Å².